The van der Waals surface area contributed by atoms with Crippen molar-refractivity contribution in [3.63, 3.8) is 0 Å². The van der Waals surface area contributed by atoms with Crippen LogP contribution in [-0.2, 0) is 6.42 Å². The Morgan fingerprint density at radius 2 is 1.78 bits per heavy atom. The molecule has 2 aromatic carbocycles. The Labute approximate surface area is 137 Å². The lowest BCUT2D eigenvalue weighted by Gasteiger charge is -2.10. The van der Waals surface area contributed by atoms with E-state index >= 15 is 0 Å². The molecule has 0 saturated carbocycles. The van der Waals surface area contributed by atoms with Gasteiger partial charge in [-0.25, -0.2) is 4.79 Å². The van der Waals surface area contributed by atoms with Crippen LogP contribution in [0.3, 0.4) is 0 Å². The van der Waals surface area contributed by atoms with E-state index in [0.29, 0.717) is 13.2 Å². The molecule has 0 aromatic heterocycles. The molecular weight excluding hydrogens is 288 g/mol. The molecule has 0 heterocycles. The van der Waals surface area contributed by atoms with Gasteiger partial charge in [0, 0.05) is 5.69 Å². The van der Waals surface area contributed by atoms with Crippen LogP contribution >= 0.6 is 0 Å². The van der Waals surface area contributed by atoms with E-state index in [9.17, 15) is 4.79 Å². The van der Waals surface area contributed by atoms with Crippen LogP contribution in [-0.4, -0.2) is 19.2 Å². The molecule has 0 aliphatic heterocycles. The molecule has 4 nitrogen and oxygen atoms in total. The first kappa shape index (κ1) is 16.9. The molecule has 122 valence electrons. The van der Waals surface area contributed by atoms with E-state index in [4.69, 9.17) is 4.74 Å². The highest BCUT2D eigenvalue weighted by atomic mass is 16.5. The minimum Gasteiger partial charge on any atom is -0.492 e. The summed E-state index contributed by atoms with van der Waals surface area (Å²) in [6.07, 6.45) is 0.988. The van der Waals surface area contributed by atoms with E-state index < -0.39 is 0 Å². The fourth-order valence-electron chi connectivity index (χ4n) is 2.14. The molecule has 2 N–H and O–H groups in total. The third-order valence-electron chi connectivity index (χ3n) is 3.75. The van der Waals surface area contributed by atoms with Crippen LogP contribution in [0.25, 0.3) is 0 Å². The quantitative estimate of drug-likeness (QED) is 0.790. The zero-order valence-corrected chi connectivity index (χ0v) is 14.0. The van der Waals surface area contributed by atoms with Crippen LogP contribution in [0.15, 0.2) is 42.5 Å². The Kier molecular flexibility index (Phi) is 6.03. The molecular formula is C19H24N2O2. The molecule has 0 bridgehead atoms. The lowest BCUT2D eigenvalue weighted by Crippen LogP contribution is -2.32. The highest BCUT2D eigenvalue weighted by Crippen LogP contribution is 2.16. The normalized spacial score (nSPS) is 10.2. The number of benzene rings is 2. The lowest BCUT2D eigenvalue weighted by molar-refractivity contribution is 0.247. The van der Waals surface area contributed by atoms with Gasteiger partial charge >= 0.3 is 6.03 Å². The minimum absolute atomic E-state index is 0.224. The van der Waals surface area contributed by atoms with E-state index in [1.54, 1.807) is 0 Å². The van der Waals surface area contributed by atoms with Crippen LogP contribution in [0.2, 0.25) is 0 Å². The van der Waals surface area contributed by atoms with E-state index in [0.717, 1.165) is 17.9 Å². The number of carbonyl (C=O) groups is 1. The maximum absolute atomic E-state index is 11.8. The number of ether oxygens (including phenoxy) is 1. The SMILES string of the molecule is CCc1ccc(NC(=O)NCCOc2ccc(C)c(C)c2)cc1. The molecule has 2 amide bonds. The summed E-state index contributed by atoms with van der Waals surface area (Å²) < 4.78 is 5.63. The molecule has 4 heteroatoms. The fourth-order valence-corrected chi connectivity index (χ4v) is 2.14. The molecule has 0 aliphatic carbocycles. The van der Waals surface area contributed by atoms with Gasteiger partial charge in [0.05, 0.1) is 6.54 Å². The molecule has 2 rings (SSSR count). The molecule has 0 spiro atoms. The van der Waals surface area contributed by atoms with Gasteiger partial charge in [0.15, 0.2) is 0 Å². The van der Waals surface area contributed by atoms with Gasteiger partial charge in [0.1, 0.15) is 12.4 Å². The number of anilines is 1. The van der Waals surface area contributed by atoms with Crippen molar-refractivity contribution in [2.45, 2.75) is 27.2 Å². The van der Waals surface area contributed by atoms with Crippen LogP contribution in [0, 0.1) is 13.8 Å². The van der Waals surface area contributed by atoms with Gasteiger partial charge in [-0.2, -0.15) is 0 Å². The third-order valence-corrected chi connectivity index (χ3v) is 3.75. The summed E-state index contributed by atoms with van der Waals surface area (Å²) in [4.78, 5) is 11.8. The van der Waals surface area contributed by atoms with Crippen LogP contribution < -0.4 is 15.4 Å². The first-order valence-electron chi connectivity index (χ1n) is 7.92. The third kappa shape index (κ3) is 5.33. The van der Waals surface area contributed by atoms with Gasteiger partial charge < -0.3 is 15.4 Å². The standard InChI is InChI=1S/C19H24N2O2/c1-4-16-6-8-17(9-7-16)21-19(22)20-11-12-23-18-10-5-14(2)15(3)13-18/h5-10,13H,4,11-12H2,1-3H3,(H2,20,21,22). The summed E-state index contributed by atoms with van der Waals surface area (Å²) in [6.45, 7) is 7.11. The van der Waals surface area contributed by atoms with Crippen LogP contribution in [0.4, 0.5) is 10.5 Å². The van der Waals surface area contributed by atoms with Crippen molar-refractivity contribution in [3.05, 3.63) is 59.2 Å². The first-order valence-corrected chi connectivity index (χ1v) is 7.92. The van der Waals surface area contributed by atoms with Crippen LogP contribution in [0.5, 0.6) is 5.75 Å². The zero-order valence-electron chi connectivity index (χ0n) is 14.0. The number of hydrogen-bond donors (Lipinski definition) is 2. The van der Waals surface area contributed by atoms with Crippen molar-refractivity contribution >= 4 is 11.7 Å². The zero-order chi connectivity index (χ0) is 16.7. The second-order valence-corrected chi connectivity index (χ2v) is 5.53. The summed E-state index contributed by atoms with van der Waals surface area (Å²) >= 11 is 0. The number of amides is 2. The maximum atomic E-state index is 11.8. The topological polar surface area (TPSA) is 50.4 Å². The number of aryl methyl sites for hydroxylation is 3. The monoisotopic (exact) mass is 312 g/mol. The average Bonchev–Trinajstić information content (AvgIpc) is 2.55. The highest BCUT2D eigenvalue weighted by molar-refractivity contribution is 5.89. The molecule has 23 heavy (non-hydrogen) atoms. The first-order chi connectivity index (χ1) is 11.1. The van der Waals surface area contributed by atoms with E-state index in [2.05, 4.69) is 31.4 Å². The summed E-state index contributed by atoms with van der Waals surface area (Å²) in [5.41, 5.74) is 4.47. The van der Waals surface area contributed by atoms with Gasteiger partial charge in [0.25, 0.3) is 0 Å². The molecule has 2 aromatic rings. The predicted molar refractivity (Wildman–Crippen MR) is 94.3 cm³/mol. The number of urea groups is 1. The smallest absolute Gasteiger partial charge is 0.319 e. The van der Waals surface area contributed by atoms with Gasteiger partial charge in [-0.3, -0.25) is 0 Å². The van der Waals surface area contributed by atoms with E-state index in [1.807, 2.05) is 42.5 Å². The lowest BCUT2D eigenvalue weighted by atomic mass is 10.1. The molecule has 0 atom stereocenters. The van der Waals surface area contributed by atoms with Gasteiger partial charge in [-0.15, -0.1) is 0 Å². The maximum Gasteiger partial charge on any atom is 0.319 e. The highest BCUT2D eigenvalue weighted by Gasteiger charge is 2.02. The molecule has 0 aliphatic rings. The number of rotatable bonds is 6. The second-order valence-electron chi connectivity index (χ2n) is 5.53. The van der Waals surface area contributed by atoms with Crippen molar-refractivity contribution in [1.29, 1.82) is 0 Å². The summed E-state index contributed by atoms with van der Waals surface area (Å²) in [5.74, 6) is 0.825. The summed E-state index contributed by atoms with van der Waals surface area (Å²) in [7, 11) is 0. The fraction of sp³-hybridized carbons (Fsp3) is 0.316. The minimum atomic E-state index is -0.224. The Hall–Kier alpha value is -2.49. The predicted octanol–water partition coefficient (Wildman–Crippen LogP) is 4.07. The van der Waals surface area contributed by atoms with Crippen molar-refractivity contribution < 1.29 is 9.53 Å². The summed E-state index contributed by atoms with van der Waals surface area (Å²) in [6, 6.07) is 13.6. The Bertz CT molecular complexity index is 651. The van der Waals surface area contributed by atoms with E-state index in [-0.39, 0.29) is 6.03 Å². The van der Waals surface area contributed by atoms with Gasteiger partial charge in [-0.1, -0.05) is 25.1 Å². The molecule has 0 radical (unpaired) electrons. The molecule has 0 saturated heterocycles. The van der Waals surface area contributed by atoms with Crippen molar-refractivity contribution in [1.82, 2.24) is 5.32 Å². The summed E-state index contributed by atoms with van der Waals surface area (Å²) in [5, 5.41) is 5.58. The van der Waals surface area contributed by atoms with Gasteiger partial charge in [-0.05, 0) is 61.2 Å². The second kappa shape index (κ2) is 8.22. The number of carbonyl (C=O) groups excluding carboxylic acids is 1. The molecule has 0 fully saturated rings. The van der Waals surface area contributed by atoms with Crippen molar-refractivity contribution in [3.8, 4) is 5.75 Å². The average molecular weight is 312 g/mol. The molecule has 0 unspecified atom stereocenters. The largest absolute Gasteiger partial charge is 0.492 e. The Morgan fingerprint density at radius 1 is 1.04 bits per heavy atom. The van der Waals surface area contributed by atoms with Crippen molar-refractivity contribution in [2.75, 3.05) is 18.5 Å². The van der Waals surface area contributed by atoms with Crippen molar-refractivity contribution in [2.24, 2.45) is 0 Å². The Morgan fingerprint density at radius 3 is 2.43 bits per heavy atom. The van der Waals surface area contributed by atoms with Crippen LogP contribution in [0.1, 0.15) is 23.6 Å². The Balaban J connectivity index is 1.70. The number of hydrogen-bond acceptors (Lipinski definition) is 2. The van der Waals surface area contributed by atoms with Gasteiger partial charge in [0.2, 0.25) is 0 Å². The number of nitrogens with one attached hydrogen (secondary N) is 2. The van der Waals surface area contributed by atoms with E-state index in [1.165, 1.54) is 16.7 Å².